The van der Waals surface area contributed by atoms with Crippen LogP contribution in [-0.4, -0.2) is 24.5 Å². The molecular formula is C23H26NO5S-. The smallest absolute Gasteiger partial charge is 0.341 e. The molecule has 160 valence electrons. The molecule has 0 saturated heterocycles. The van der Waals surface area contributed by atoms with Crippen LogP contribution in [0.4, 0.5) is 5.00 Å². The van der Waals surface area contributed by atoms with Crippen molar-refractivity contribution in [3.8, 4) is 11.1 Å². The molecule has 2 aromatic rings. The number of rotatable bonds is 6. The molecule has 1 aliphatic rings. The van der Waals surface area contributed by atoms with Crippen molar-refractivity contribution in [2.24, 2.45) is 11.8 Å². The molecule has 1 aliphatic carbocycles. The topological polar surface area (TPSA) is 95.5 Å². The van der Waals surface area contributed by atoms with Crippen LogP contribution in [0.1, 0.15) is 54.1 Å². The summed E-state index contributed by atoms with van der Waals surface area (Å²) in [5.41, 5.74) is 4.10. The highest BCUT2D eigenvalue weighted by molar-refractivity contribution is 7.15. The summed E-state index contributed by atoms with van der Waals surface area (Å²) in [6.45, 7) is 5.96. The van der Waals surface area contributed by atoms with Crippen molar-refractivity contribution in [2.75, 3.05) is 11.9 Å². The number of hydrogen-bond donors (Lipinski definition) is 1. The lowest BCUT2D eigenvalue weighted by atomic mass is 9.79. The maximum atomic E-state index is 12.9. The van der Waals surface area contributed by atoms with Crippen LogP contribution < -0.4 is 10.4 Å². The first-order chi connectivity index (χ1) is 14.3. The van der Waals surface area contributed by atoms with E-state index in [1.807, 2.05) is 37.4 Å². The van der Waals surface area contributed by atoms with E-state index in [4.69, 9.17) is 4.74 Å². The molecular weight excluding hydrogens is 402 g/mol. The van der Waals surface area contributed by atoms with Crippen molar-refractivity contribution < 1.29 is 24.2 Å². The van der Waals surface area contributed by atoms with Gasteiger partial charge in [-0.2, -0.15) is 0 Å². The summed E-state index contributed by atoms with van der Waals surface area (Å²) in [5.74, 6) is -3.55. The third-order valence-corrected chi connectivity index (χ3v) is 6.63. The number of nitrogens with one attached hydrogen (secondary N) is 1. The zero-order chi connectivity index (χ0) is 21.8. The van der Waals surface area contributed by atoms with E-state index < -0.39 is 23.8 Å². The Morgan fingerprint density at radius 1 is 1.13 bits per heavy atom. The summed E-state index contributed by atoms with van der Waals surface area (Å²) >= 11 is 1.24. The molecule has 0 unspecified atom stereocenters. The van der Waals surface area contributed by atoms with E-state index in [1.54, 1.807) is 6.92 Å². The lowest BCUT2D eigenvalue weighted by Crippen LogP contribution is -2.42. The molecule has 6 nitrogen and oxygen atoms in total. The van der Waals surface area contributed by atoms with Gasteiger partial charge < -0.3 is 20.0 Å². The number of ether oxygens (including phenoxy) is 1. The lowest BCUT2D eigenvalue weighted by Gasteiger charge is -2.31. The number of carbonyl (C=O) groups is 3. The van der Waals surface area contributed by atoms with E-state index in [1.165, 1.54) is 11.3 Å². The molecule has 30 heavy (non-hydrogen) atoms. The van der Waals surface area contributed by atoms with Gasteiger partial charge in [0.25, 0.3) is 0 Å². The maximum Gasteiger partial charge on any atom is 0.341 e. The zero-order valence-electron chi connectivity index (χ0n) is 17.4. The highest BCUT2D eigenvalue weighted by Crippen LogP contribution is 2.38. The van der Waals surface area contributed by atoms with Crippen molar-refractivity contribution in [1.29, 1.82) is 0 Å². The SMILES string of the molecule is CCOC(=O)c1c(-c2ccc(C)c(C)c2)csc1NC(=O)[C@H]1CCCC[C@@H]1C(=O)[O-]. The van der Waals surface area contributed by atoms with Gasteiger partial charge in [-0.3, -0.25) is 4.79 Å². The number of carboxylic acids is 1. The summed E-state index contributed by atoms with van der Waals surface area (Å²) in [7, 11) is 0. The number of thiophene rings is 1. The minimum absolute atomic E-state index is 0.212. The van der Waals surface area contributed by atoms with Crippen LogP contribution >= 0.6 is 11.3 Å². The molecule has 1 N–H and O–H groups in total. The second-order valence-electron chi connectivity index (χ2n) is 7.68. The number of anilines is 1. The zero-order valence-corrected chi connectivity index (χ0v) is 18.3. The summed E-state index contributed by atoms with van der Waals surface area (Å²) in [4.78, 5) is 37.1. The Balaban J connectivity index is 1.95. The Morgan fingerprint density at radius 3 is 2.47 bits per heavy atom. The van der Waals surface area contributed by atoms with Crippen LogP contribution in [0, 0.1) is 25.7 Å². The quantitative estimate of drug-likeness (QED) is 0.708. The molecule has 0 radical (unpaired) electrons. The largest absolute Gasteiger partial charge is 0.550 e. The van der Waals surface area contributed by atoms with Gasteiger partial charge in [0.2, 0.25) is 5.91 Å². The van der Waals surface area contributed by atoms with E-state index in [0.717, 1.165) is 29.5 Å². The standard InChI is InChI=1S/C23H27NO5S/c1-4-29-23(28)19-18(15-10-9-13(2)14(3)11-15)12-30-21(19)24-20(25)16-7-5-6-8-17(16)22(26)27/h9-12,16-17H,4-8H2,1-3H3,(H,24,25)(H,26,27)/p-1/t16-,17-/m0/s1. The molecule has 1 aromatic carbocycles. The Bertz CT molecular complexity index is 964. The Hall–Kier alpha value is -2.67. The normalized spacial score (nSPS) is 18.6. The summed E-state index contributed by atoms with van der Waals surface area (Å²) in [6, 6.07) is 5.92. The number of esters is 1. The van der Waals surface area contributed by atoms with E-state index >= 15 is 0 Å². The Kier molecular flexibility index (Phi) is 6.92. The van der Waals surface area contributed by atoms with Crippen LogP contribution in [0.5, 0.6) is 0 Å². The molecule has 1 fully saturated rings. The second kappa shape index (κ2) is 9.43. The van der Waals surface area contributed by atoms with Crippen molar-refractivity contribution in [1.82, 2.24) is 0 Å². The van der Waals surface area contributed by atoms with Crippen molar-refractivity contribution in [3.05, 3.63) is 40.3 Å². The van der Waals surface area contributed by atoms with Gasteiger partial charge in [-0.1, -0.05) is 31.0 Å². The van der Waals surface area contributed by atoms with Gasteiger partial charge in [0, 0.05) is 28.7 Å². The molecule has 3 rings (SSSR count). The molecule has 0 bridgehead atoms. The number of benzene rings is 1. The van der Waals surface area contributed by atoms with Gasteiger partial charge >= 0.3 is 5.97 Å². The number of amides is 1. The van der Waals surface area contributed by atoms with Gasteiger partial charge in [0.15, 0.2) is 0 Å². The van der Waals surface area contributed by atoms with Gasteiger partial charge in [-0.15, -0.1) is 11.3 Å². The number of carboxylic acid groups (broad SMARTS) is 1. The minimum atomic E-state index is -1.19. The number of aryl methyl sites for hydroxylation is 2. The van der Waals surface area contributed by atoms with E-state index in [0.29, 0.717) is 29.0 Å². The fraction of sp³-hybridized carbons (Fsp3) is 0.435. The second-order valence-corrected chi connectivity index (χ2v) is 8.56. The van der Waals surface area contributed by atoms with Crippen LogP contribution in [0.25, 0.3) is 11.1 Å². The monoisotopic (exact) mass is 428 g/mol. The Labute approximate surface area is 180 Å². The number of hydrogen-bond acceptors (Lipinski definition) is 6. The van der Waals surface area contributed by atoms with Crippen molar-refractivity contribution >= 4 is 34.2 Å². The van der Waals surface area contributed by atoms with E-state index in [-0.39, 0.29) is 12.5 Å². The van der Waals surface area contributed by atoms with Crippen LogP contribution in [-0.2, 0) is 14.3 Å². The predicted molar refractivity (Wildman–Crippen MR) is 114 cm³/mol. The van der Waals surface area contributed by atoms with Crippen LogP contribution in [0.3, 0.4) is 0 Å². The highest BCUT2D eigenvalue weighted by Gasteiger charge is 2.33. The van der Waals surface area contributed by atoms with Crippen LogP contribution in [0.2, 0.25) is 0 Å². The average Bonchev–Trinajstić information content (AvgIpc) is 3.13. The summed E-state index contributed by atoms with van der Waals surface area (Å²) in [6.07, 6.45) is 2.50. The third-order valence-electron chi connectivity index (χ3n) is 5.73. The fourth-order valence-electron chi connectivity index (χ4n) is 3.91. The van der Waals surface area contributed by atoms with Gasteiger partial charge in [0.1, 0.15) is 10.6 Å². The number of aliphatic carboxylic acids is 1. The molecule has 1 amide bonds. The minimum Gasteiger partial charge on any atom is -0.550 e. The van der Waals surface area contributed by atoms with E-state index in [2.05, 4.69) is 5.32 Å². The predicted octanol–water partition coefficient (Wildman–Crippen LogP) is 3.70. The molecule has 0 spiro atoms. The average molecular weight is 429 g/mol. The van der Waals surface area contributed by atoms with E-state index in [9.17, 15) is 19.5 Å². The van der Waals surface area contributed by atoms with Gasteiger partial charge in [-0.25, -0.2) is 4.79 Å². The first kappa shape index (κ1) is 22.0. The molecule has 1 heterocycles. The maximum absolute atomic E-state index is 12.9. The molecule has 1 aromatic heterocycles. The van der Waals surface area contributed by atoms with Crippen molar-refractivity contribution in [2.45, 2.75) is 46.5 Å². The number of carbonyl (C=O) groups excluding carboxylic acids is 3. The van der Waals surface area contributed by atoms with Crippen molar-refractivity contribution in [3.63, 3.8) is 0 Å². The highest BCUT2D eigenvalue weighted by atomic mass is 32.1. The summed E-state index contributed by atoms with van der Waals surface area (Å²) < 4.78 is 5.24. The molecule has 2 atom stereocenters. The van der Waals surface area contributed by atoms with Gasteiger partial charge in [0.05, 0.1) is 6.61 Å². The molecule has 0 aliphatic heterocycles. The first-order valence-corrected chi connectivity index (χ1v) is 11.1. The lowest BCUT2D eigenvalue weighted by molar-refractivity contribution is -0.313. The van der Waals surface area contributed by atoms with Gasteiger partial charge in [-0.05, 0) is 50.3 Å². The van der Waals surface area contributed by atoms with Crippen LogP contribution in [0.15, 0.2) is 23.6 Å². The third kappa shape index (κ3) is 4.56. The molecule has 1 saturated carbocycles. The Morgan fingerprint density at radius 2 is 1.83 bits per heavy atom. The fourth-order valence-corrected chi connectivity index (χ4v) is 4.87. The molecule has 7 heteroatoms. The first-order valence-electron chi connectivity index (χ1n) is 10.2. The summed E-state index contributed by atoms with van der Waals surface area (Å²) in [5, 5.41) is 16.5.